The predicted molar refractivity (Wildman–Crippen MR) is 50.8 cm³/mol. The van der Waals surface area contributed by atoms with E-state index in [0.29, 0.717) is 6.42 Å². The van der Waals surface area contributed by atoms with Crippen molar-refractivity contribution in [3.8, 4) is 0 Å². The molecular formula is C9H13FN2O2. The number of hydrogen-bond acceptors (Lipinski definition) is 2. The summed E-state index contributed by atoms with van der Waals surface area (Å²) in [5.74, 6) is -0.916. The Kier molecular flexibility index (Phi) is 3.62. The summed E-state index contributed by atoms with van der Waals surface area (Å²) < 4.78 is 13.7. The van der Waals surface area contributed by atoms with E-state index in [1.807, 2.05) is 6.92 Å². The van der Waals surface area contributed by atoms with Gasteiger partial charge in [-0.15, -0.1) is 0 Å². The van der Waals surface area contributed by atoms with E-state index in [2.05, 4.69) is 4.98 Å². The van der Waals surface area contributed by atoms with Crippen LogP contribution >= 0.6 is 0 Å². The topological polar surface area (TPSA) is 54.9 Å². The van der Waals surface area contributed by atoms with Crippen LogP contribution < -0.4 is 11.2 Å². The molecule has 0 fully saturated rings. The lowest BCUT2D eigenvalue weighted by atomic mass is 10.2. The van der Waals surface area contributed by atoms with Crippen molar-refractivity contribution >= 4 is 0 Å². The van der Waals surface area contributed by atoms with Crippen molar-refractivity contribution in [2.24, 2.45) is 0 Å². The van der Waals surface area contributed by atoms with Gasteiger partial charge in [0, 0.05) is 12.7 Å². The highest BCUT2D eigenvalue weighted by atomic mass is 19.1. The van der Waals surface area contributed by atoms with Gasteiger partial charge in [0.1, 0.15) is 0 Å². The van der Waals surface area contributed by atoms with E-state index in [1.54, 1.807) is 0 Å². The summed E-state index contributed by atoms with van der Waals surface area (Å²) in [6, 6.07) is 0. The molecule has 0 aliphatic carbocycles. The number of hydrogen-bond donors (Lipinski definition) is 1. The van der Waals surface area contributed by atoms with Crippen LogP contribution in [0.2, 0.25) is 0 Å². The zero-order valence-electron chi connectivity index (χ0n) is 8.05. The third kappa shape index (κ3) is 2.31. The first-order valence-corrected chi connectivity index (χ1v) is 4.65. The normalized spacial score (nSPS) is 10.4. The first-order chi connectivity index (χ1) is 6.66. The largest absolute Gasteiger partial charge is 0.328 e. The fourth-order valence-electron chi connectivity index (χ4n) is 1.21. The molecule has 0 aliphatic rings. The molecule has 1 rings (SSSR count). The molecule has 1 heterocycles. The predicted octanol–water partition coefficient (Wildman–Crippen LogP) is 0.866. The van der Waals surface area contributed by atoms with Crippen LogP contribution in [0.3, 0.4) is 0 Å². The monoisotopic (exact) mass is 200 g/mol. The maximum atomic E-state index is 12.8. The van der Waals surface area contributed by atoms with Crippen LogP contribution in [-0.2, 0) is 6.54 Å². The van der Waals surface area contributed by atoms with Crippen molar-refractivity contribution in [2.45, 2.75) is 32.7 Å². The van der Waals surface area contributed by atoms with Gasteiger partial charge in [-0.25, -0.2) is 4.79 Å². The first-order valence-electron chi connectivity index (χ1n) is 4.65. The second kappa shape index (κ2) is 4.74. The van der Waals surface area contributed by atoms with Crippen LogP contribution in [0, 0.1) is 5.82 Å². The minimum atomic E-state index is -0.916. The van der Waals surface area contributed by atoms with Crippen LogP contribution in [0.1, 0.15) is 26.2 Å². The summed E-state index contributed by atoms with van der Waals surface area (Å²) in [7, 11) is 0. The number of halogens is 1. The number of nitrogens with zero attached hydrogens (tertiary/aromatic N) is 1. The van der Waals surface area contributed by atoms with Gasteiger partial charge in [-0.05, 0) is 6.42 Å². The Morgan fingerprint density at radius 2 is 2.14 bits per heavy atom. The highest BCUT2D eigenvalue weighted by Crippen LogP contribution is 1.94. The minimum absolute atomic E-state index is 0.278. The second-order valence-electron chi connectivity index (χ2n) is 3.11. The van der Waals surface area contributed by atoms with Crippen molar-refractivity contribution in [1.29, 1.82) is 0 Å². The van der Waals surface area contributed by atoms with E-state index in [-0.39, 0.29) is 6.54 Å². The molecule has 0 atom stereocenters. The molecule has 0 radical (unpaired) electrons. The van der Waals surface area contributed by atoms with Crippen molar-refractivity contribution in [2.75, 3.05) is 0 Å². The van der Waals surface area contributed by atoms with Gasteiger partial charge < -0.3 is 4.98 Å². The summed E-state index contributed by atoms with van der Waals surface area (Å²) in [6.45, 7) is 2.29. The molecule has 78 valence electrons. The third-order valence-electron chi connectivity index (χ3n) is 2.00. The van der Waals surface area contributed by atoms with Gasteiger partial charge in [0.2, 0.25) is 5.82 Å². The number of H-pyrrole nitrogens is 1. The van der Waals surface area contributed by atoms with E-state index in [1.165, 1.54) is 0 Å². The molecular weight excluding hydrogens is 187 g/mol. The molecule has 0 bridgehead atoms. The molecule has 1 N–H and O–H groups in total. The zero-order valence-corrected chi connectivity index (χ0v) is 8.05. The van der Waals surface area contributed by atoms with E-state index in [9.17, 15) is 14.0 Å². The van der Waals surface area contributed by atoms with E-state index in [0.717, 1.165) is 23.6 Å². The summed E-state index contributed by atoms with van der Waals surface area (Å²) in [6.07, 6.45) is 3.41. The average molecular weight is 200 g/mol. The highest BCUT2D eigenvalue weighted by molar-refractivity contribution is 4.87. The minimum Gasteiger partial charge on any atom is -0.311 e. The van der Waals surface area contributed by atoms with Gasteiger partial charge in [-0.3, -0.25) is 9.36 Å². The SMILES string of the molecule is CCCCCn1c(=O)[nH]cc(F)c1=O. The Bertz CT molecular complexity index is 408. The molecule has 1 aromatic rings. The fraction of sp³-hybridized carbons (Fsp3) is 0.556. The Morgan fingerprint density at radius 1 is 1.43 bits per heavy atom. The Morgan fingerprint density at radius 3 is 2.79 bits per heavy atom. The van der Waals surface area contributed by atoms with Crippen LogP contribution in [0.15, 0.2) is 15.8 Å². The fourth-order valence-corrected chi connectivity index (χ4v) is 1.21. The number of rotatable bonds is 4. The Hall–Kier alpha value is -1.39. The van der Waals surface area contributed by atoms with Crippen molar-refractivity contribution in [3.05, 3.63) is 32.9 Å². The van der Waals surface area contributed by atoms with Crippen molar-refractivity contribution in [3.63, 3.8) is 0 Å². The third-order valence-corrected chi connectivity index (χ3v) is 2.00. The van der Waals surface area contributed by atoms with Crippen molar-refractivity contribution < 1.29 is 4.39 Å². The van der Waals surface area contributed by atoms with E-state index in [4.69, 9.17) is 0 Å². The molecule has 0 saturated carbocycles. The standard InChI is InChI=1S/C9H13FN2O2/c1-2-3-4-5-12-8(13)7(10)6-11-9(12)14/h6H,2-5H2,1H3,(H,11,14). The number of aromatic nitrogens is 2. The maximum absolute atomic E-state index is 12.8. The molecule has 14 heavy (non-hydrogen) atoms. The number of nitrogens with one attached hydrogen (secondary N) is 1. The summed E-state index contributed by atoms with van der Waals surface area (Å²) in [5, 5.41) is 0. The smallest absolute Gasteiger partial charge is 0.311 e. The Balaban J connectivity index is 2.90. The summed E-state index contributed by atoms with van der Waals surface area (Å²) >= 11 is 0. The van der Waals surface area contributed by atoms with Crippen LogP contribution in [0.25, 0.3) is 0 Å². The molecule has 0 aromatic carbocycles. The zero-order chi connectivity index (χ0) is 10.6. The lowest BCUT2D eigenvalue weighted by molar-refractivity contribution is 0.515. The van der Waals surface area contributed by atoms with Gasteiger partial charge in [0.05, 0.1) is 0 Å². The molecule has 0 aliphatic heterocycles. The van der Waals surface area contributed by atoms with Crippen LogP contribution in [-0.4, -0.2) is 9.55 Å². The Labute approximate surface area is 80.4 Å². The summed E-state index contributed by atoms with van der Waals surface area (Å²) in [5.41, 5.74) is -1.39. The van der Waals surface area contributed by atoms with Crippen LogP contribution in [0.5, 0.6) is 0 Å². The van der Waals surface area contributed by atoms with Gasteiger partial charge in [0.15, 0.2) is 0 Å². The first kappa shape index (κ1) is 10.7. The molecule has 0 unspecified atom stereocenters. The molecule has 4 nitrogen and oxygen atoms in total. The van der Waals surface area contributed by atoms with E-state index < -0.39 is 17.1 Å². The van der Waals surface area contributed by atoms with Crippen LogP contribution in [0.4, 0.5) is 4.39 Å². The van der Waals surface area contributed by atoms with Gasteiger partial charge in [-0.2, -0.15) is 4.39 Å². The lowest BCUT2D eigenvalue weighted by Crippen LogP contribution is -2.36. The van der Waals surface area contributed by atoms with Gasteiger partial charge in [-0.1, -0.05) is 19.8 Å². The molecule has 0 saturated heterocycles. The number of unbranched alkanes of at least 4 members (excludes halogenated alkanes) is 2. The number of aromatic amines is 1. The molecule has 0 spiro atoms. The molecule has 0 amide bonds. The van der Waals surface area contributed by atoms with Gasteiger partial charge >= 0.3 is 5.69 Å². The average Bonchev–Trinajstić information content (AvgIpc) is 2.18. The quantitative estimate of drug-likeness (QED) is 0.733. The van der Waals surface area contributed by atoms with E-state index >= 15 is 0 Å². The van der Waals surface area contributed by atoms with Gasteiger partial charge in [0.25, 0.3) is 5.56 Å². The molecule has 5 heteroatoms. The molecule has 1 aromatic heterocycles. The lowest BCUT2D eigenvalue weighted by Gasteiger charge is -2.02. The maximum Gasteiger partial charge on any atom is 0.328 e. The van der Waals surface area contributed by atoms with Crippen molar-refractivity contribution in [1.82, 2.24) is 9.55 Å². The second-order valence-corrected chi connectivity index (χ2v) is 3.11. The summed E-state index contributed by atoms with van der Waals surface area (Å²) in [4.78, 5) is 24.4. The highest BCUT2D eigenvalue weighted by Gasteiger charge is 2.05.